The van der Waals surface area contributed by atoms with Crippen LogP contribution in [0.15, 0.2) is 12.0 Å². The van der Waals surface area contributed by atoms with Crippen molar-refractivity contribution < 1.29 is 4.92 Å². The zero-order valence-electron chi connectivity index (χ0n) is 7.75. The predicted octanol–water partition coefficient (Wildman–Crippen LogP) is -0.390. The van der Waals surface area contributed by atoms with Crippen molar-refractivity contribution in [2.75, 3.05) is 20.1 Å². The third-order valence-electron chi connectivity index (χ3n) is 1.45. The quantitative estimate of drug-likeness (QED) is 0.287. The maximum Gasteiger partial charge on any atom is 0.274 e. The summed E-state index contributed by atoms with van der Waals surface area (Å²) in [6.45, 7) is 1.34. The minimum Gasteiger partial charge on any atom is -0.370 e. The topological polar surface area (TPSA) is 93.2 Å². The van der Waals surface area contributed by atoms with Crippen LogP contribution in [0.4, 0.5) is 0 Å². The fourth-order valence-corrected chi connectivity index (χ4v) is 0.796. The lowest BCUT2D eigenvalue weighted by molar-refractivity contribution is -0.404. The van der Waals surface area contributed by atoms with Gasteiger partial charge in [0.2, 0.25) is 0 Å². The molecule has 0 bridgehead atoms. The van der Waals surface area contributed by atoms with Crippen molar-refractivity contribution in [1.29, 1.82) is 0 Å². The van der Waals surface area contributed by atoms with Gasteiger partial charge in [-0.1, -0.05) is 0 Å². The Morgan fingerprint density at radius 2 is 2.31 bits per heavy atom. The molecule has 4 N–H and O–H groups in total. The van der Waals surface area contributed by atoms with E-state index in [0.29, 0.717) is 18.9 Å². The van der Waals surface area contributed by atoms with Crippen LogP contribution in [0.1, 0.15) is 12.8 Å². The van der Waals surface area contributed by atoms with Crippen molar-refractivity contribution >= 4 is 0 Å². The molecular formula is C7H16N4O2. The molecule has 76 valence electrons. The molecule has 0 aromatic carbocycles. The highest BCUT2D eigenvalue weighted by Crippen LogP contribution is 1.87. The second kappa shape index (κ2) is 7.35. The lowest BCUT2D eigenvalue weighted by Gasteiger charge is -2.06. The number of nitrogens with zero attached hydrogens (tertiary/aromatic N) is 1. The molecule has 0 aliphatic heterocycles. The summed E-state index contributed by atoms with van der Waals surface area (Å²) in [6.07, 6.45) is 2.73. The van der Waals surface area contributed by atoms with Gasteiger partial charge in [0.1, 0.15) is 0 Å². The average molecular weight is 188 g/mol. The van der Waals surface area contributed by atoms with Crippen molar-refractivity contribution in [2.24, 2.45) is 5.73 Å². The number of hydrogen-bond donors (Lipinski definition) is 3. The lowest BCUT2D eigenvalue weighted by atomic mass is 10.3. The Morgan fingerprint density at radius 1 is 1.62 bits per heavy atom. The molecule has 0 spiro atoms. The van der Waals surface area contributed by atoms with Crippen LogP contribution in [0.3, 0.4) is 0 Å². The molecule has 13 heavy (non-hydrogen) atoms. The first-order valence-electron chi connectivity index (χ1n) is 4.17. The van der Waals surface area contributed by atoms with E-state index < -0.39 is 4.92 Å². The molecule has 0 rings (SSSR count). The minimum atomic E-state index is -0.498. The number of unbranched alkanes of at least 4 members (excludes halogenated alkanes) is 1. The second-order valence-electron chi connectivity index (χ2n) is 2.50. The van der Waals surface area contributed by atoms with E-state index in [4.69, 9.17) is 5.73 Å². The highest BCUT2D eigenvalue weighted by molar-refractivity contribution is 4.89. The summed E-state index contributed by atoms with van der Waals surface area (Å²) in [5.74, 6) is 0.419. The molecule has 6 nitrogen and oxygen atoms in total. The van der Waals surface area contributed by atoms with Gasteiger partial charge >= 0.3 is 0 Å². The zero-order chi connectivity index (χ0) is 10.1. The van der Waals surface area contributed by atoms with Gasteiger partial charge in [0, 0.05) is 13.6 Å². The molecule has 0 aromatic rings. The van der Waals surface area contributed by atoms with E-state index in [1.165, 1.54) is 0 Å². The van der Waals surface area contributed by atoms with Gasteiger partial charge in [0.05, 0.1) is 4.92 Å². The zero-order valence-corrected chi connectivity index (χ0v) is 7.75. The summed E-state index contributed by atoms with van der Waals surface area (Å²) < 4.78 is 0. The standard InChI is InChI=1S/C7H16N4O2/c1-9-7(6-11(12)13)10-5-3-2-4-8/h6,9-10H,2-5,8H2,1H3. The third kappa shape index (κ3) is 7.07. The maximum absolute atomic E-state index is 10.1. The number of nitrogens with one attached hydrogen (secondary N) is 2. The molecule has 0 amide bonds. The highest BCUT2D eigenvalue weighted by atomic mass is 16.6. The van der Waals surface area contributed by atoms with Gasteiger partial charge in [-0.3, -0.25) is 10.1 Å². The van der Waals surface area contributed by atoms with Crippen molar-refractivity contribution in [3.8, 4) is 0 Å². The summed E-state index contributed by atoms with van der Waals surface area (Å²) in [5, 5.41) is 15.7. The minimum absolute atomic E-state index is 0.419. The summed E-state index contributed by atoms with van der Waals surface area (Å²) in [7, 11) is 1.63. The fraction of sp³-hybridized carbons (Fsp3) is 0.714. The first-order chi connectivity index (χ1) is 6.20. The van der Waals surface area contributed by atoms with Gasteiger partial charge in [0.25, 0.3) is 6.20 Å². The van der Waals surface area contributed by atoms with Crippen molar-refractivity contribution in [3.63, 3.8) is 0 Å². The van der Waals surface area contributed by atoms with Crippen LogP contribution < -0.4 is 16.4 Å². The number of nitrogens with two attached hydrogens (primary N) is 1. The van der Waals surface area contributed by atoms with E-state index in [-0.39, 0.29) is 0 Å². The molecule has 0 radical (unpaired) electrons. The van der Waals surface area contributed by atoms with Crippen molar-refractivity contribution in [1.82, 2.24) is 10.6 Å². The number of nitro groups is 1. The molecule has 0 atom stereocenters. The van der Waals surface area contributed by atoms with Gasteiger partial charge in [-0.25, -0.2) is 0 Å². The Labute approximate surface area is 77.3 Å². The normalized spacial score (nSPS) is 11.1. The van der Waals surface area contributed by atoms with E-state index in [2.05, 4.69) is 10.6 Å². The summed E-state index contributed by atoms with van der Waals surface area (Å²) >= 11 is 0. The van der Waals surface area contributed by atoms with Crippen LogP contribution in [-0.4, -0.2) is 25.1 Å². The Kier molecular flexibility index (Phi) is 6.62. The lowest BCUT2D eigenvalue weighted by Crippen LogP contribution is -2.25. The van der Waals surface area contributed by atoms with Crippen LogP contribution in [0.5, 0.6) is 0 Å². The molecule has 0 saturated heterocycles. The van der Waals surface area contributed by atoms with Gasteiger partial charge in [0.15, 0.2) is 5.82 Å². The van der Waals surface area contributed by atoms with Crippen LogP contribution in [-0.2, 0) is 0 Å². The number of hydrogen-bond acceptors (Lipinski definition) is 5. The van der Waals surface area contributed by atoms with Crippen LogP contribution in [0, 0.1) is 10.1 Å². The SMILES string of the molecule is CNC(=C[N+](=O)[O-])NCCCCN. The third-order valence-corrected chi connectivity index (χ3v) is 1.45. The fourth-order valence-electron chi connectivity index (χ4n) is 0.796. The molecule has 0 aliphatic rings. The average Bonchev–Trinajstić information content (AvgIpc) is 2.09. The number of rotatable bonds is 7. The van der Waals surface area contributed by atoms with Gasteiger partial charge in [-0.2, -0.15) is 0 Å². The molecule has 0 aromatic heterocycles. The van der Waals surface area contributed by atoms with E-state index in [1.54, 1.807) is 7.05 Å². The van der Waals surface area contributed by atoms with Crippen molar-refractivity contribution in [3.05, 3.63) is 22.1 Å². The summed E-state index contributed by atoms with van der Waals surface area (Å²) in [6, 6.07) is 0. The Hall–Kier alpha value is -1.30. The smallest absolute Gasteiger partial charge is 0.274 e. The van der Waals surface area contributed by atoms with Crippen LogP contribution in [0.2, 0.25) is 0 Å². The molecule has 0 unspecified atom stereocenters. The molecule has 0 saturated carbocycles. The van der Waals surface area contributed by atoms with Gasteiger partial charge < -0.3 is 16.4 Å². The molecule has 0 fully saturated rings. The summed E-state index contributed by atoms with van der Waals surface area (Å²) in [4.78, 5) is 9.59. The second-order valence-corrected chi connectivity index (χ2v) is 2.50. The monoisotopic (exact) mass is 188 g/mol. The first kappa shape index (κ1) is 11.7. The van der Waals surface area contributed by atoms with Crippen LogP contribution in [0.25, 0.3) is 0 Å². The Morgan fingerprint density at radius 3 is 2.77 bits per heavy atom. The Balaban J connectivity index is 3.66. The van der Waals surface area contributed by atoms with E-state index >= 15 is 0 Å². The summed E-state index contributed by atoms with van der Waals surface area (Å²) in [5.41, 5.74) is 5.29. The largest absolute Gasteiger partial charge is 0.370 e. The molecule has 6 heteroatoms. The van der Waals surface area contributed by atoms with Crippen molar-refractivity contribution in [2.45, 2.75) is 12.8 Å². The van der Waals surface area contributed by atoms with Gasteiger partial charge in [-0.15, -0.1) is 0 Å². The highest BCUT2D eigenvalue weighted by Gasteiger charge is 1.97. The van der Waals surface area contributed by atoms with E-state index in [9.17, 15) is 10.1 Å². The molecular weight excluding hydrogens is 172 g/mol. The van der Waals surface area contributed by atoms with Gasteiger partial charge in [-0.05, 0) is 19.4 Å². The Bertz CT molecular complexity index is 181. The maximum atomic E-state index is 10.1. The first-order valence-corrected chi connectivity index (χ1v) is 4.17. The molecule has 0 aliphatic carbocycles. The van der Waals surface area contributed by atoms with E-state index in [1.807, 2.05) is 0 Å². The van der Waals surface area contributed by atoms with E-state index in [0.717, 1.165) is 19.0 Å². The molecule has 0 heterocycles. The van der Waals surface area contributed by atoms with Crippen LogP contribution >= 0.6 is 0 Å². The predicted molar refractivity (Wildman–Crippen MR) is 50.4 cm³/mol.